The Labute approximate surface area is 126 Å². The lowest BCUT2D eigenvalue weighted by Crippen LogP contribution is -2.39. The van der Waals surface area contributed by atoms with Crippen LogP contribution in [0.5, 0.6) is 0 Å². The third-order valence-corrected chi connectivity index (χ3v) is 4.20. The van der Waals surface area contributed by atoms with Crippen molar-refractivity contribution in [3.63, 3.8) is 0 Å². The predicted molar refractivity (Wildman–Crippen MR) is 82.5 cm³/mol. The highest BCUT2D eigenvalue weighted by Gasteiger charge is 2.20. The van der Waals surface area contributed by atoms with Gasteiger partial charge in [0.15, 0.2) is 0 Å². The maximum Gasteiger partial charge on any atom is 0.335 e. The zero-order valence-corrected chi connectivity index (χ0v) is 12.9. The van der Waals surface area contributed by atoms with E-state index in [0.717, 1.165) is 12.2 Å². The Morgan fingerprint density at radius 3 is 2.43 bits per heavy atom. The Hall–Kier alpha value is -1.39. The second-order valence-corrected chi connectivity index (χ2v) is 6.09. The average molecular weight is 291 g/mol. The number of aromatic carboxylic acids is 1. The van der Waals surface area contributed by atoms with Gasteiger partial charge in [-0.05, 0) is 63.4 Å². The first kappa shape index (κ1) is 16.0. The number of rotatable bonds is 6. The lowest BCUT2D eigenvalue weighted by Gasteiger charge is -2.34. The van der Waals surface area contributed by atoms with E-state index in [1.54, 1.807) is 12.1 Å². The maximum atomic E-state index is 10.8. The van der Waals surface area contributed by atoms with Gasteiger partial charge in [0.2, 0.25) is 0 Å². The van der Waals surface area contributed by atoms with E-state index in [1.807, 2.05) is 12.1 Å². The number of hydrogen-bond acceptors (Lipinski definition) is 3. The molecule has 21 heavy (non-hydrogen) atoms. The van der Waals surface area contributed by atoms with Crippen LogP contribution in [0.1, 0.15) is 42.6 Å². The second-order valence-electron chi connectivity index (χ2n) is 6.09. The van der Waals surface area contributed by atoms with Crippen LogP contribution in [-0.4, -0.2) is 41.7 Å². The molecule has 0 unspecified atom stereocenters. The normalized spacial score (nSPS) is 17.3. The van der Waals surface area contributed by atoms with E-state index in [9.17, 15) is 4.79 Å². The monoisotopic (exact) mass is 291 g/mol. The van der Waals surface area contributed by atoms with Crippen LogP contribution in [0.15, 0.2) is 24.3 Å². The van der Waals surface area contributed by atoms with Crippen molar-refractivity contribution in [2.75, 3.05) is 19.7 Å². The van der Waals surface area contributed by atoms with Crippen molar-refractivity contribution in [1.29, 1.82) is 0 Å². The average Bonchev–Trinajstić information content (AvgIpc) is 2.48. The third-order valence-electron chi connectivity index (χ3n) is 4.20. The van der Waals surface area contributed by atoms with Crippen molar-refractivity contribution in [1.82, 2.24) is 4.90 Å². The van der Waals surface area contributed by atoms with Gasteiger partial charge in [-0.25, -0.2) is 4.79 Å². The zero-order chi connectivity index (χ0) is 15.2. The summed E-state index contributed by atoms with van der Waals surface area (Å²) in [5.41, 5.74) is 1.35. The summed E-state index contributed by atoms with van der Waals surface area (Å²) in [6.07, 6.45) is 2.41. The summed E-state index contributed by atoms with van der Waals surface area (Å²) >= 11 is 0. The van der Waals surface area contributed by atoms with Crippen molar-refractivity contribution < 1.29 is 14.6 Å². The van der Waals surface area contributed by atoms with Crippen molar-refractivity contribution in [3.05, 3.63) is 35.4 Å². The zero-order valence-electron chi connectivity index (χ0n) is 12.9. The minimum Gasteiger partial charge on any atom is -0.478 e. The number of hydrogen-bond donors (Lipinski definition) is 1. The van der Waals surface area contributed by atoms with E-state index < -0.39 is 5.97 Å². The number of ether oxygens (including phenoxy) is 1. The molecule has 1 saturated heterocycles. The molecule has 1 aliphatic heterocycles. The molecule has 2 rings (SSSR count). The maximum absolute atomic E-state index is 10.8. The molecule has 1 fully saturated rings. The fraction of sp³-hybridized carbons (Fsp3) is 0.588. The molecular weight excluding hydrogens is 266 g/mol. The Morgan fingerprint density at radius 2 is 1.90 bits per heavy atom. The summed E-state index contributed by atoms with van der Waals surface area (Å²) in [5, 5.41) is 8.85. The molecule has 1 aromatic carbocycles. The highest BCUT2D eigenvalue weighted by Crippen LogP contribution is 2.19. The first-order valence-electron chi connectivity index (χ1n) is 7.70. The van der Waals surface area contributed by atoms with Crippen LogP contribution in [0.4, 0.5) is 0 Å². The summed E-state index contributed by atoms with van der Waals surface area (Å²) in [6.45, 7) is 8.18. The smallest absolute Gasteiger partial charge is 0.335 e. The summed E-state index contributed by atoms with van der Waals surface area (Å²) in [7, 11) is 0. The number of carboxylic acids is 1. The van der Waals surface area contributed by atoms with Gasteiger partial charge < -0.3 is 14.7 Å². The molecule has 0 aromatic heterocycles. The predicted octanol–water partition coefficient (Wildman–Crippen LogP) is 3.02. The van der Waals surface area contributed by atoms with Gasteiger partial charge in [-0.2, -0.15) is 0 Å². The molecule has 0 saturated carbocycles. The van der Waals surface area contributed by atoms with Gasteiger partial charge in [0.1, 0.15) is 0 Å². The number of benzene rings is 1. The molecule has 0 spiro atoms. The van der Waals surface area contributed by atoms with Crippen molar-refractivity contribution in [2.45, 2.75) is 39.3 Å². The van der Waals surface area contributed by atoms with E-state index in [2.05, 4.69) is 18.7 Å². The van der Waals surface area contributed by atoms with E-state index in [4.69, 9.17) is 9.84 Å². The molecule has 1 heterocycles. The molecule has 4 heteroatoms. The summed E-state index contributed by atoms with van der Waals surface area (Å²) in [5.74, 6) is -0.238. The third kappa shape index (κ3) is 4.83. The molecule has 0 aliphatic carbocycles. The Balaban J connectivity index is 1.69. The van der Waals surface area contributed by atoms with Gasteiger partial charge in [0.25, 0.3) is 0 Å². The highest BCUT2D eigenvalue weighted by molar-refractivity contribution is 5.87. The summed E-state index contributed by atoms with van der Waals surface area (Å²) in [6, 6.07) is 7.54. The van der Waals surface area contributed by atoms with E-state index in [-0.39, 0.29) is 0 Å². The van der Waals surface area contributed by atoms with Crippen molar-refractivity contribution in [3.8, 4) is 0 Å². The van der Waals surface area contributed by atoms with Crippen LogP contribution in [0, 0.1) is 5.92 Å². The number of carbonyl (C=O) groups is 1. The van der Waals surface area contributed by atoms with Crippen LogP contribution in [0.3, 0.4) is 0 Å². The van der Waals surface area contributed by atoms with Crippen LogP contribution in [-0.2, 0) is 11.3 Å². The van der Waals surface area contributed by atoms with Gasteiger partial charge in [-0.3, -0.25) is 0 Å². The van der Waals surface area contributed by atoms with Gasteiger partial charge in [0, 0.05) is 12.6 Å². The standard InChI is InChI=1S/C17H25NO3/c1-13(2)18-9-7-15(8-10-18)12-21-11-14-3-5-16(6-4-14)17(19)20/h3-6,13,15H,7-12H2,1-2H3,(H,19,20). The molecule has 0 amide bonds. The molecule has 116 valence electrons. The van der Waals surface area contributed by atoms with Gasteiger partial charge in [0.05, 0.1) is 12.2 Å². The summed E-state index contributed by atoms with van der Waals surface area (Å²) in [4.78, 5) is 13.3. The van der Waals surface area contributed by atoms with Crippen LogP contribution < -0.4 is 0 Å². The molecular formula is C17H25NO3. The van der Waals surface area contributed by atoms with Crippen molar-refractivity contribution >= 4 is 5.97 Å². The van der Waals surface area contributed by atoms with Gasteiger partial charge in [-0.15, -0.1) is 0 Å². The summed E-state index contributed by atoms with van der Waals surface area (Å²) < 4.78 is 5.79. The minimum atomic E-state index is -0.889. The molecule has 0 bridgehead atoms. The molecule has 4 nitrogen and oxygen atoms in total. The van der Waals surface area contributed by atoms with Crippen LogP contribution >= 0.6 is 0 Å². The minimum absolute atomic E-state index is 0.319. The molecule has 0 atom stereocenters. The fourth-order valence-electron chi connectivity index (χ4n) is 2.72. The SMILES string of the molecule is CC(C)N1CCC(COCc2ccc(C(=O)O)cc2)CC1. The quantitative estimate of drug-likeness (QED) is 0.875. The van der Waals surface area contributed by atoms with E-state index in [1.165, 1.54) is 25.9 Å². The fourth-order valence-corrected chi connectivity index (χ4v) is 2.72. The first-order chi connectivity index (χ1) is 10.1. The number of nitrogens with zero attached hydrogens (tertiary/aromatic N) is 1. The number of piperidine rings is 1. The lowest BCUT2D eigenvalue weighted by molar-refractivity contribution is 0.0513. The van der Waals surface area contributed by atoms with Crippen LogP contribution in [0.2, 0.25) is 0 Å². The van der Waals surface area contributed by atoms with Gasteiger partial charge in [-0.1, -0.05) is 12.1 Å². The largest absolute Gasteiger partial charge is 0.478 e. The Bertz CT molecular complexity index is 448. The Morgan fingerprint density at radius 1 is 1.29 bits per heavy atom. The lowest BCUT2D eigenvalue weighted by atomic mass is 9.97. The topological polar surface area (TPSA) is 49.8 Å². The van der Waals surface area contributed by atoms with Gasteiger partial charge >= 0.3 is 5.97 Å². The van der Waals surface area contributed by atoms with Crippen LogP contribution in [0.25, 0.3) is 0 Å². The second kappa shape index (κ2) is 7.57. The molecule has 0 radical (unpaired) electrons. The Kier molecular flexibility index (Phi) is 5.76. The van der Waals surface area contributed by atoms with Crippen molar-refractivity contribution in [2.24, 2.45) is 5.92 Å². The molecule has 1 N–H and O–H groups in total. The molecule has 1 aliphatic rings. The first-order valence-corrected chi connectivity index (χ1v) is 7.70. The van der Waals surface area contributed by atoms with E-state index >= 15 is 0 Å². The highest BCUT2D eigenvalue weighted by atomic mass is 16.5. The number of likely N-dealkylation sites (tertiary alicyclic amines) is 1. The number of carboxylic acid groups (broad SMARTS) is 1. The van der Waals surface area contributed by atoms with E-state index in [0.29, 0.717) is 24.1 Å². The molecule has 1 aromatic rings.